The predicted molar refractivity (Wildman–Crippen MR) is 106 cm³/mol. The first kappa shape index (κ1) is 21.7. The lowest BCUT2D eigenvalue weighted by atomic mass is 10.1. The second kappa shape index (κ2) is 9.23. The molecule has 6 nitrogen and oxygen atoms in total. The lowest BCUT2D eigenvalue weighted by molar-refractivity contribution is -0.137. The first-order chi connectivity index (χ1) is 14.3. The number of nitrogens with one attached hydrogen (secondary N) is 1. The van der Waals surface area contributed by atoms with Gasteiger partial charge in [0.05, 0.1) is 18.8 Å². The maximum Gasteiger partial charge on any atom is 0.417 e. The Kier molecular flexibility index (Phi) is 6.69. The zero-order valence-corrected chi connectivity index (χ0v) is 16.8. The van der Waals surface area contributed by atoms with E-state index in [9.17, 15) is 18.0 Å². The Morgan fingerprint density at radius 2 is 1.90 bits per heavy atom. The Hall–Kier alpha value is -2.97. The molecule has 1 saturated heterocycles. The molecule has 2 heterocycles. The third kappa shape index (κ3) is 5.14. The number of carbonyl (C=O) groups excluding carboxylic acids is 1. The monoisotopic (exact) mass is 423 g/mol. The number of ether oxygens (including phenoxy) is 2. The van der Waals surface area contributed by atoms with Gasteiger partial charge in [0, 0.05) is 30.9 Å². The molecule has 0 radical (unpaired) electrons. The molecule has 0 saturated carbocycles. The number of aromatic nitrogens is 1. The summed E-state index contributed by atoms with van der Waals surface area (Å²) in [6.07, 6.45) is -2.91. The number of pyridine rings is 1. The summed E-state index contributed by atoms with van der Waals surface area (Å²) in [5, 5.41) is 2.97. The first-order valence-corrected chi connectivity index (χ1v) is 9.80. The summed E-state index contributed by atoms with van der Waals surface area (Å²) in [5.41, 5.74) is -0.330. The van der Waals surface area contributed by atoms with Crippen LogP contribution in [0.5, 0.6) is 11.5 Å². The van der Waals surface area contributed by atoms with Crippen LogP contribution in [0.25, 0.3) is 0 Å². The molecule has 1 aliphatic rings. The van der Waals surface area contributed by atoms with Crippen LogP contribution in [0.2, 0.25) is 0 Å². The maximum absolute atomic E-state index is 12.7. The quantitative estimate of drug-likeness (QED) is 0.732. The molecule has 1 amide bonds. The molecule has 2 aromatic rings. The van der Waals surface area contributed by atoms with Gasteiger partial charge in [-0.1, -0.05) is 0 Å². The average Bonchev–Trinajstić information content (AvgIpc) is 3.17. The summed E-state index contributed by atoms with van der Waals surface area (Å²) >= 11 is 0. The number of alkyl halides is 3. The lowest BCUT2D eigenvalue weighted by Crippen LogP contribution is -2.37. The van der Waals surface area contributed by atoms with E-state index in [4.69, 9.17) is 9.47 Å². The molecule has 162 valence electrons. The lowest BCUT2D eigenvalue weighted by Gasteiger charge is -2.19. The second-order valence-electron chi connectivity index (χ2n) is 6.84. The van der Waals surface area contributed by atoms with Crippen molar-refractivity contribution in [2.75, 3.05) is 31.2 Å². The van der Waals surface area contributed by atoms with Gasteiger partial charge in [0.25, 0.3) is 5.91 Å². The van der Waals surface area contributed by atoms with Gasteiger partial charge in [0.15, 0.2) is 11.5 Å². The predicted octanol–water partition coefficient (Wildman–Crippen LogP) is 3.91. The maximum atomic E-state index is 12.7. The van der Waals surface area contributed by atoms with Crippen molar-refractivity contribution in [1.82, 2.24) is 10.3 Å². The average molecular weight is 423 g/mol. The fraction of sp³-hybridized carbons (Fsp3) is 0.429. The van der Waals surface area contributed by atoms with E-state index in [2.05, 4.69) is 10.3 Å². The Morgan fingerprint density at radius 1 is 1.17 bits per heavy atom. The summed E-state index contributed by atoms with van der Waals surface area (Å²) in [5.74, 6) is 1.30. The van der Waals surface area contributed by atoms with Crippen molar-refractivity contribution < 1.29 is 27.4 Å². The van der Waals surface area contributed by atoms with Gasteiger partial charge in [0.2, 0.25) is 0 Å². The molecule has 3 rings (SSSR count). The molecule has 30 heavy (non-hydrogen) atoms. The normalized spacial score (nSPS) is 16.4. The first-order valence-electron chi connectivity index (χ1n) is 9.80. The van der Waals surface area contributed by atoms with E-state index >= 15 is 0 Å². The molecule has 0 bridgehead atoms. The van der Waals surface area contributed by atoms with E-state index < -0.39 is 11.7 Å². The summed E-state index contributed by atoms with van der Waals surface area (Å²) < 4.78 is 49.1. The van der Waals surface area contributed by atoms with E-state index in [-0.39, 0.29) is 11.9 Å². The number of hydrogen-bond acceptors (Lipinski definition) is 5. The molecule has 1 N–H and O–H groups in total. The standard InChI is InChI=1S/C21H24F3N3O3/c1-3-29-17-7-5-14(11-18(17)30-4-2)20(28)26-16-9-10-27(13-16)19-8-6-15(12-25-19)21(22,23)24/h5-8,11-12,16H,3-4,9-10,13H2,1-2H3,(H,26,28). The van der Waals surface area contributed by atoms with Gasteiger partial charge in [-0.3, -0.25) is 4.79 Å². The topological polar surface area (TPSA) is 63.7 Å². The SMILES string of the molecule is CCOc1ccc(C(=O)NC2CCN(c3ccc(C(F)(F)F)cn3)C2)cc1OCC. The van der Waals surface area contributed by atoms with Crippen molar-refractivity contribution in [2.24, 2.45) is 0 Å². The van der Waals surface area contributed by atoms with Gasteiger partial charge in [-0.05, 0) is 50.6 Å². The van der Waals surface area contributed by atoms with Gasteiger partial charge in [-0.15, -0.1) is 0 Å². The third-order valence-corrected chi connectivity index (χ3v) is 4.73. The number of anilines is 1. The van der Waals surface area contributed by atoms with Crippen LogP contribution >= 0.6 is 0 Å². The number of rotatable bonds is 7. The fourth-order valence-corrected chi connectivity index (χ4v) is 3.29. The van der Waals surface area contributed by atoms with Crippen molar-refractivity contribution in [3.05, 3.63) is 47.7 Å². The van der Waals surface area contributed by atoms with Crippen LogP contribution in [0.4, 0.5) is 19.0 Å². The summed E-state index contributed by atoms with van der Waals surface area (Å²) in [6, 6.07) is 7.26. The summed E-state index contributed by atoms with van der Waals surface area (Å²) in [7, 11) is 0. The zero-order chi connectivity index (χ0) is 21.7. The highest BCUT2D eigenvalue weighted by molar-refractivity contribution is 5.95. The van der Waals surface area contributed by atoms with E-state index in [1.807, 2.05) is 18.7 Å². The molecule has 9 heteroatoms. The molecule has 1 fully saturated rings. The number of hydrogen-bond donors (Lipinski definition) is 1. The molecular formula is C21H24F3N3O3. The minimum atomic E-state index is -4.41. The molecular weight excluding hydrogens is 399 g/mol. The van der Waals surface area contributed by atoms with Crippen LogP contribution in [0.1, 0.15) is 36.2 Å². The number of benzene rings is 1. The van der Waals surface area contributed by atoms with E-state index in [0.717, 1.165) is 12.3 Å². The van der Waals surface area contributed by atoms with Gasteiger partial charge >= 0.3 is 6.18 Å². The van der Waals surface area contributed by atoms with Gasteiger partial charge in [-0.25, -0.2) is 4.98 Å². The Labute approximate surface area is 173 Å². The molecule has 1 atom stereocenters. The zero-order valence-electron chi connectivity index (χ0n) is 16.8. The highest BCUT2D eigenvalue weighted by atomic mass is 19.4. The van der Waals surface area contributed by atoms with Crippen molar-refractivity contribution in [3.8, 4) is 11.5 Å². The molecule has 0 aliphatic carbocycles. The van der Waals surface area contributed by atoms with Crippen LogP contribution in [0.15, 0.2) is 36.5 Å². The van der Waals surface area contributed by atoms with Crippen molar-refractivity contribution in [2.45, 2.75) is 32.5 Å². The minimum Gasteiger partial charge on any atom is -0.490 e. The fourth-order valence-electron chi connectivity index (χ4n) is 3.29. The third-order valence-electron chi connectivity index (χ3n) is 4.73. The molecule has 1 unspecified atom stereocenters. The van der Waals surface area contributed by atoms with Gasteiger partial charge < -0.3 is 19.7 Å². The number of amides is 1. The number of carbonyl (C=O) groups is 1. The highest BCUT2D eigenvalue weighted by Crippen LogP contribution is 2.30. The van der Waals surface area contributed by atoms with Crippen LogP contribution in [0.3, 0.4) is 0 Å². The van der Waals surface area contributed by atoms with Crippen molar-refractivity contribution in [1.29, 1.82) is 0 Å². The van der Waals surface area contributed by atoms with Crippen molar-refractivity contribution >= 4 is 11.7 Å². The van der Waals surface area contributed by atoms with E-state index in [1.165, 1.54) is 6.07 Å². The van der Waals surface area contributed by atoms with Gasteiger partial charge in [-0.2, -0.15) is 13.2 Å². The van der Waals surface area contributed by atoms with Crippen LogP contribution < -0.4 is 19.7 Å². The van der Waals surface area contributed by atoms with Gasteiger partial charge in [0.1, 0.15) is 5.82 Å². The molecule has 1 aromatic heterocycles. The number of nitrogens with zero attached hydrogens (tertiary/aromatic N) is 2. The van der Waals surface area contributed by atoms with E-state index in [0.29, 0.717) is 55.6 Å². The van der Waals surface area contributed by atoms with Crippen LogP contribution in [-0.4, -0.2) is 43.2 Å². The van der Waals surface area contributed by atoms with Crippen molar-refractivity contribution in [3.63, 3.8) is 0 Å². The van der Waals surface area contributed by atoms with Crippen LogP contribution in [0, 0.1) is 0 Å². The second-order valence-corrected chi connectivity index (χ2v) is 6.84. The summed E-state index contributed by atoms with van der Waals surface area (Å²) in [6.45, 7) is 5.72. The number of halogens is 3. The highest BCUT2D eigenvalue weighted by Gasteiger charge is 2.31. The van der Waals surface area contributed by atoms with E-state index in [1.54, 1.807) is 18.2 Å². The van der Waals surface area contributed by atoms with Crippen LogP contribution in [-0.2, 0) is 6.18 Å². The largest absolute Gasteiger partial charge is 0.490 e. The Morgan fingerprint density at radius 3 is 2.53 bits per heavy atom. The minimum absolute atomic E-state index is 0.135. The summed E-state index contributed by atoms with van der Waals surface area (Å²) in [4.78, 5) is 18.4. The molecule has 1 aromatic carbocycles. The molecule has 0 spiro atoms. The molecule has 1 aliphatic heterocycles. The Bertz CT molecular complexity index is 872. The Balaban J connectivity index is 1.62. The smallest absolute Gasteiger partial charge is 0.417 e.